The van der Waals surface area contributed by atoms with Gasteiger partial charge in [-0.25, -0.2) is 8.42 Å². The number of sulfonamides is 1. The van der Waals surface area contributed by atoms with Crippen molar-refractivity contribution in [2.75, 3.05) is 4.72 Å². The molecule has 0 aliphatic heterocycles. The number of nitrogens with one attached hydrogen (secondary N) is 1. The zero-order valence-corrected chi connectivity index (χ0v) is 15.4. The molecule has 0 atom stereocenters. The van der Waals surface area contributed by atoms with E-state index in [1.807, 2.05) is 6.07 Å². The number of pyridine rings is 1. The number of benzene rings is 1. The van der Waals surface area contributed by atoms with Crippen LogP contribution in [0.2, 0.25) is 0 Å². The minimum absolute atomic E-state index is 0.108. The van der Waals surface area contributed by atoms with Crippen LogP contribution >= 0.6 is 54.5 Å². The van der Waals surface area contributed by atoms with E-state index in [0.717, 1.165) is 8.04 Å². The number of anilines is 1. The van der Waals surface area contributed by atoms with Crippen LogP contribution in [0.4, 0.5) is 5.69 Å². The summed E-state index contributed by atoms with van der Waals surface area (Å²) in [6.45, 7) is 0. The first-order valence-corrected chi connectivity index (χ1v) is 9.12. The van der Waals surface area contributed by atoms with Crippen LogP contribution in [-0.2, 0) is 10.0 Å². The molecule has 0 aliphatic rings. The van der Waals surface area contributed by atoms with Crippen molar-refractivity contribution in [3.63, 3.8) is 0 Å². The minimum atomic E-state index is -3.63. The smallest absolute Gasteiger partial charge is 0.263 e. The predicted octanol–water partition coefficient (Wildman–Crippen LogP) is 4.01. The van der Waals surface area contributed by atoms with E-state index in [-0.39, 0.29) is 4.90 Å². The normalized spacial score (nSPS) is 11.3. The molecule has 0 unspecified atom stereocenters. The van der Waals surface area contributed by atoms with Gasteiger partial charge in [0.1, 0.15) is 4.90 Å². The van der Waals surface area contributed by atoms with Crippen molar-refractivity contribution in [1.29, 1.82) is 0 Å². The van der Waals surface area contributed by atoms with Gasteiger partial charge in [0.15, 0.2) is 0 Å². The van der Waals surface area contributed by atoms with Crippen LogP contribution < -0.4 is 4.72 Å². The van der Waals surface area contributed by atoms with Crippen LogP contribution in [-0.4, -0.2) is 13.4 Å². The Kier molecular flexibility index (Phi) is 4.85. The number of rotatable bonds is 3. The fourth-order valence-electron chi connectivity index (χ4n) is 1.31. The second-order valence-corrected chi connectivity index (χ2v) is 8.19. The fourth-order valence-corrected chi connectivity index (χ4v) is 3.58. The van der Waals surface area contributed by atoms with Gasteiger partial charge in [-0.05, 0) is 78.7 Å². The first kappa shape index (κ1) is 15.2. The van der Waals surface area contributed by atoms with E-state index in [2.05, 4.69) is 64.2 Å². The average Bonchev–Trinajstić information content (AvgIpc) is 2.33. The van der Waals surface area contributed by atoms with E-state index in [0.29, 0.717) is 10.2 Å². The van der Waals surface area contributed by atoms with Gasteiger partial charge in [0.2, 0.25) is 0 Å². The number of hydrogen-bond acceptors (Lipinski definition) is 3. The third-order valence-electron chi connectivity index (χ3n) is 2.16. The quantitative estimate of drug-likeness (QED) is 0.626. The standard InChI is InChI=1S/C11H7Br2IN2O2S/c12-7-3-9(6-15-5-7)19(17,18)16-8-1-2-11(14)10(13)4-8/h1-6,16H. The molecular weight excluding hydrogens is 511 g/mol. The Morgan fingerprint density at radius 1 is 1.16 bits per heavy atom. The molecule has 1 N–H and O–H groups in total. The highest BCUT2D eigenvalue weighted by atomic mass is 127. The molecule has 1 heterocycles. The summed E-state index contributed by atoms with van der Waals surface area (Å²) < 4.78 is 29.3. The van der Waals surface area contributed by atoms with Crippen LogP contribution in [0, 0.1) is 3.57 Å². The van der Waals surface area contributed by atoms with Gasteiger partial charge in [-0.2, -0.15) is 0 Å². The average molecular weight is 518 g/mol. The Hall–Kier alpha value is -0.190. The number of hydrogen-bond donors (Lipinski definition) is 1. The Morgan fingerprint density at radius 3 is 2.53 bits per heavy atom. The zero-order chi connectivity index (χ0) is 14.0. The molecule has 100 valence electrons. The second kappa shape index (κ2) is 6.06. The highest BCUT2D eigenvalue weighted by Gasteiger charge is 2.15. The molecule has 8 heteroatoms. The molecule has 19 heavy (non-hydrogen) atoms. The van der Waals surface area contributed by atoms with Crippen LogP contribution in [0.25, 0.3) is 0 Å². The summed E-state index contributed by atoms with van der Waals surface area (Å²) in [5.41, 5.74) is 0.493. The summed E-state index contributed by atoms with van der Waals surface area (Å²) in [6, 6.07) is 6.74. The van der Waals surface area contributed by atoms with Crippen molar-refractivity contribution in [2.24, 2.45) is 0 Å². The molecule has 0 amide bonds. The van der Waals surface area contributed by atoms with Gasteiger partial charge >= 0.3 is 0 Å². The van der Waals surface area contributed by atoms with Gasteiger partial charge < -0.3 is 0 Å². The van der Waals surface area contributed by atoms with Crippen molar-refractivity contribution < 1.29 is 8.42 Å². The number of aromatic nitrogens is 1. The van der Waals surface area contributed by atoms with Crippen molar-refractivity contribution in [1.82, 2.24) is 4.98 Å². The maximum Gasteiger partial charge on any atom is 0.263 e. The monoisotopic (exact) mass is 516 g/mol. The molecule has 0 bridgehead atoms. The summed E-state index contributed by atoms with van der Waals surface area (Å²) in [4.78, 5) is 3.96. The Balaban J connectivity index is 2.33. The SMILES string of the molecule is O=S(=O)(Nc1ccc(I)c(Br)c1)c1cncc(Br)c1. The van der Waals surface area contributed by atoms with Crippen molar-refractivity contribution in [3.05, 3.63) is 49.2 Å². The van der Waals surface area contributed by atoms with Gasteiger partial charge in [0.25, 0.3) is 10.0 Å². The highest BCUT2D eigenvalue weighted by Crippen LogP contribution is 2.25. The van der Waals surface area contributed by atoms with Gasteiger partial charge in [-0.3, -0.25) is 9.71 Å². The van der Waals surface area contributed by atoms with Gasteiger partial charge in [0.05, 0.1) is 5.69 Å². The third-order valence-corrected chi connectivity index (χ3v) is 6.28. The molecule has 4 nitrogen and oxygen atoms in total. The summed E-state index contributed by atoms with van der Waals surface area (Å²) in [6.07, 6.45) is 2.83. The highest BCUT2D eigenvalue weighted by molar-refractivity contribution is 14.1. The van der Waals surface area contributed by atoms with Gasteiger partial charge in [0, 0.05) is 24.9 Å². The van der Waals surface area contributed by atoms with E-state index in [4.69, 9.17) is 0 Å². The van der Waals surface area contributed by atoms with E-state index in [9.17, 15) is 8.42 Å². The van der Waals surface area contributed by atoms with E-state index >= 15 is 0 Å². The van der Waals surface area contributed by atoms with Crippen LogP contribution in [0.1, 0.15) is 0 Å². The van der Waals surface area contributed by atoms with E-state index in [1.165, 1.54) is 18.5 Å². The predicted molar refractivity (Wildman–Crippen MR) is 89.6 cm³/mol. The molecule has 0 fully saturated rings. The van der Waals surface area contributed by atoms with Crippen LogP contribution in [0.15, 0.2) is 50.5 Å². The van der Waals surface area contributed by atoms with Crippen molar-refractivity contribution >= 4 is 70.2 Å². The van der Waals surface area contributed by atoms with Gasteiger partial charge in [-0.1, -0.05) is 0 Å². The Bertz CT molecular complexity index is 722. The lowest BCUT2D eigenvalue weighted by molar-refractivity contribution is 0.600. The summed E-state index contributed by atoms with van der Waals surface area (Å²) in [7, 11) is -3.63. The van der Waals surface area contributed by atoms with Crippen LogP contribution in [0.5, 0.6) is 0 Å². The number of nitrogens with zero attached hydrogens (tertiary/aromatic N) is 1. The molecule has 0 radical (unpaired) electrons. The lowest BCUT2D eigenvalue weighted by atomic mass is 10.3. The van der Waals surface area contributed by atoms with E-state index < -0.39 is 10.0 Å². The summed E-state index contributed by atoms with van der Waals surface area (Å²) in [5, 5.41) is 0. The summed E-state index contributed by atoms with van der Waals surface area (Å²) >= 11 is 8.71. The largest absolute Gasteiger partial charge is 0.280 e. The molecular formula is C11H7Br2IN2O2S. The molecule has 1 aromatic heterocycles. The number of halogens is 3. The molecule has 2 aromatic rings. The van der Waals surface area contributed by atoms with E-state index in [1.54, 1.807) is 12.1 Å². The zero-order valence-electron chi connectivity index (χ0n) is 9.27. The molecule has 0 saturated heterocycles. The topological polar surface area (TPSA) is 59.1 Å². The molecule has 2 rings (SSSR count). The molecule has 1 aromatic carbocycles. The maximum atomic E-state index is 12.2. The fraction of sp³-hybridized carbons (Fsp3) is 0. The van der Waals surface area contributed by atoms with Crippen LogP contribution in [0.3, 0.4) is 0 Å². The lowest BCUT2D eigenvalue weighted by Crippen LogP contribution is -2.13. The first-order chi connectivity index (χ1) is 8.88. The maximum absolute atomic E-state index is 12.2. The second-order valence-electron chi connectivity index (χ2n) is 3.57. The Labute approximate surface area is 141 Å². The molecule has 0 saturated carbocycles. The van der Waals surface area contributed by atoms with Crippen molar-refractivity contribution in [2.45, 2.75) is 4.90 Å². The third kappa shape index (κ3) is 3.89. The Morgan fingerprint density at radius 2 is 1.89 bits per heavy atom. The van der Waals surface area contributed by atoms with Gasteiger partial charge in [-0.15, -0.1) is 0 Å². The minimum Gasteiger partial charge on any atom is -0.280 e. The van der Waals surface area contributed by atoms with Crippen molar-refractivity contribution in [3.8, 4) is 0 Å². The molecule has 0 spiro atoms. The summed E-state index contributed by atoms with van der Waals surface area (Å²) in [5.74, 6) is 0. The lowest BCUT2D eigenvalue weighted by Gasteiger charge is -2.09. The molecule has 0 aliphatic carbocycles. The first-order valence-electron chi connectivity index (χ1n) is 4.97.